The topological polar surface area (TPSA) is 113 Å². The van der Waals surface area contributed by atoms with Gasteiger partial charge in [0.1, 0.15) is 12.4 Å². The van der Waals surface area contributed by atoms with Gasteiger partial charge in [-0.3, -0.25) is 14.7 Å². The monoisotopic (exact) mass is 386 g/mol. The zero-order chi connectivity index (χ0) is 19.1. The average molecular weight is 386 g/mol. The van der Waals surface area contributed by atoms with Crippen LogP contribution < -0.4 is 10.6 Å². The molecule has 3 rings (SSSR count). The number of aromatic amines is 1. The number of carbonyl (C=O) groups excluding carboxylic acids is 3. The number of benzene rings is 1. The predicted octanol–water partition coefficient (Wildman–Crippen LogP) is 2.59. The third-order valence-electron chi connectivity index (χ3n) is 3.67. The molecule has 0 atom stereocenters. The molecule has 2 aromatic rings. The van der Waals surface area contributed by atoms with E-state index in [0.717, 1.165) is 0 Å². The number of H-pyrrole nitrogens is 1. The molecule has 1 heterocycles. The lowest BCUT2D eigenvalue weighted by Gasteiger charge is -2.11. The lowest BCUT2D eigenvalue weighted by Crippen LogP contribution is -2.30. The number of aromatic nitrogens is 2. The van der Waals surface area contributed by atoms with E-state index in [1.54, 1.807) is 12.1 Å². The van der Waals surface area contributed by atoms with Crippen molar-refractivity contribution in [1.82, 2.24) is 15.5 Å². The Morgan fingerprint density at radius 1 is 1.22 bits per heavy atom. The highest BCUT2D eigenvalue weighted by Crippen LogP contribution is 2.27. The normalized spacial score (nSPS) is 13.1. The van der Waals surface area contributed by atoms with Crippen LogP contribution in [-0.2, 0) is 4.74 Å². The van der Waals surface area contributed by atoms with Crippen molar-refractivity contribution >= 4 is 35.0 Å². The first-order chi connectivity index (χ1) is 13.1. The van der Waals surface area contributed by atoms with Crippen molar-refractivity contribution < 1.29 is 19.1 Å². The second-order valence-corrected chi connectivity index (χ2v) is 6.75. The summed E-state index contributed by atoms with van der Waals surface area (Å²) in [6.45, 7) is 0.507. The molecule has 0 unspecified atom stereocenters. The SMILES string of the molecule is O=C(NCOCCCSC1=CC(=O)c2[nH]ncc2C1=O)Nc1ccccc1. The molecule has 2 amide bonds. The van der Waals surface area contributed by atoms with Gasteiger partial charge in [0, 0.05) is 24.1 Å². The smallest absolute Gasteiger partial charge is 0.321 e. The van der Waals surface area contributed by atoms with Crippen LogP contribution in [0.5, 0.6) is 0 Å². The van der Waals surface area contributed by atoms with E-state index in [9.17, 15) is 14.4 Å². The minimum absolute atomic E-state index is 0.0851. The van der Waals surface area contributed by atoms with Crippen LogP contribution in [0.1, 0.15) is 27.3 Å². The van der Waals surface area contributed by atoms with E-state index >= 15 is 0 Å². The maximum absolute atomic E-state index is 12.2. The van der Waals surface area contributed by atoms with Gasteiger partial charge in [-0.25, -0.2) is 4.79 Å². The Labute approximate surface area is 159 Å². The molecule has 8 nitrogen and oxygen atoms in total. The molecule has 27 heavy (non-hydrogen) atoms. The van der Waals surface area contributed by atoms with E-state index in [4.69, 9.17) is 4.74 Å². The predicted molar refractivity (Wildman–Crippen MR) is 102 cm³/mol. The van der Waals surface area contributed by atoms with Gasteiger partial charge in [0.15, 0.2) is 0 Å². The van der Waals surface area contributed by atoms with Gasteiger partial charge in [0.05, 0.1) is 16.7 Å². The summed E-state index contributed by atoms with van der Waals surface area (Å²) in [5, 5.41) is 11.6. The minimum Gasteiger partial charge on any atom is -0.361 e. The van der Waals surface area contributed by atoms with Crippen molar-refractivity contribution in [3.63, 3.8) is 0 Å². The standard InChI is InChI=1S/C18H18N4O4S/c23-14-9-15(17(24)13-10-20-22-16(13)14)27-8-4-7-26-11-19-18(25)21-12-5-2-1-3-6-12/h1-3,5-6,9-10H,4,7-8,11H2,(H,20,22)(H2,19,21,25). The summed E-state index contributed by atoms with van der Waals surface area (Å²) < 4.78 is 5.35. The number of para-hydroxylation sites is 1. The van der Waals surface area contributed by atoms with Crippen molar-refractivity contribution in [1.29, 1.82) is 0 Å². The maximum atomic E-state index is 12.2. The number of amides is 2. The molecule has 9 heteroatoms. The number of nitrogens with one attached hydrogen (secondary N) is 3. The Hall–Kier alpha value is -2.91. The first kappa shape index (κ1) is 18.9. The quantitative estimate of drug-likeness (QED) is 0.475. The van der Waals surface area contributed by atoms with E-state index in [0.29, 0.717) is 34.9 Å². The van der Waals surface area contributed by atoms with Crippen LogP contribution in [-0.4, -0.2) is 46.9 Å². The molecule has 0 bridgehead atoms. The van der Waals surface area contributed by atoms with Crippen molar-refractivity contribution in [2.45, 2.75) is 6.42 Å². The average Bonchev–Trinajstić information content (AvgIpc) is 3.16. The number of ketones is 2. The second-order valence-electron chi connectivity index (χ2n) is 5.61. The van der Waals surface area contributed by atoms with Gasteiger partial charge in [0.2, 0.25) is 11.6 Å². The largest absolute Gasteiger partial charge is 0.361 e. The summed E-state index contributed by atoms with van der Waals surface area (Å²) in [5.41, 5.74) is 1.26. The fraction of sp³-hybridized carbons (Fsp3) is 0.222. The first-order valence-corrected chi connectivity index (χ1v) is 9.28. The molecule has 0 radical (unpaired) electrons. The Kier molecular flexibility index (Phi) is 6.39. The molecule has 3 N–H and O–H groups in total. The van der Waals surface area contributed by atoms with Gasteiger partial charge in [-0.05, 0) is 18.6 Å². The van der Waals surface area contributed by atoms with Gasteiger partial charge in [0.25, 0.3) is 0 Å². The molecular formula is C18H18N4O4S. The molecule has 0 spiro atoms. The van der Waals surface area contributed by atoms with Crippen LogP contribution in [0.3, 0.4) is 0 Å². The highest BCUT2D eigenvalue weighted by molar-refractivity contribution is 8.04. The summed E-state index contributed by atoms with van der Waals surface area (Å²) in [6, 6.07) is 8.76. The third kappa shape index (κ3) is 5.05. The summed E-state index contributed by atoms with van der Waals surface area (Å²) >= 11 is 1.31. The summed E-state index contributed by atoms with van der Waals surface area (Å²) in [6.07, 6.45) is 3.38. The molecule has 1 aromatic heterocycles. The lowest BCUT2D eigenvalue weighted by molar-refractivity contribution is 0.0989. The summed E-state index contributed by atoms with van der Waals surface area (Å²) in [5.74, 6) is 0.187. The molecule has 0 saturated heterocycles. The number of fused-ring (bicyclic) bond motifs is 1. The fourth-order valence-corrected chi connectivity index (χ4v) is 3.29. The molecule has 1 aliphatic rings. The van der Waals surface area contributed by atoms with Crippen molar-refractivity contribution in [3.05, 3.63) is 58.8 Å². The third-order valence-corrected chi connectivity index (χ3v) is 4.78. The van der Waals surface area contributed by atoms with Gasteiger partial charge in [-0.1, -0.05) is 18.2 Å². The molecule has 1 aromatic carbocycles. The Bertz CT molecular complexity index is 863. The zero-order valence-corrected chi connectivity index (χ0v) is 15.2. The number of Topliss-reactive ketones (excluding diaryl/α,β-unsaturated/α-hetero) is 1. The van der Waals surface area contributed by atoms with E-state index in [1.165, 1.54) is 24.0 Å². The molecule has 0 fully saturated rings. The molecule has 0 saturated carbocycles. The second kappa shape index (κ2) is 9.15. The molecule has 1 aliphatic carbocycles. The number of urea groups is 1. The highest BCUT2D eigenvalue weighted by Gasteiger charge is 2.27. The van der Waals surface area contributed by atoms with Crippen LogP contribution in [0.2, 0.25) is 0 Å². The lowest BCUT2D eigenvalue weighted by atomic mass is 10.0. The number of hydrogen-bond acceptors (Lipinski definition) is 6. The number of nitrogens with zero attached hydrogens (tertiary/aromatic N) is 1. The number of ether oxygens (including phenoxy) is 1. The summed E-state index contributed by atoms with van der Waals surface area (Å²) in [4.78, 5) is 36.2. The Morgan fingerprint density at radius 2 is 2.04 bits per heavy atom. The van der Waals surface area contributed by atoms with Crippen molar-refractivity contribution in [2.75, 3.05) is 24.4 Å². The minimum atomic E-state index is -0.344. The first-order valence-electron chi connectivity index (χ1n) is 8.29. The number of carbonyl (C=O) groups is 3. The van der Waals surface area contributed by atoms with Gasteiger partial charge < -0.3 is 15.4 Å². The van der Waals surface area contributed by atoms with Crippen LogP contribution in [0.15, 0.2) is 47.5 Å². The van der Waals surface area contributed by atoms with Crippen LogP contribution in [0.4, 0.5) is 10.5 Å². The van der Waals surface area contributed by atoms with Crippen LogP contribution in [0, 0.1) is 0 Å². The number of thioether (sulfide) groups is 1. The van der Waals surface area contributed by atoms with Gasteiger partial charge in [-0.2, -0.15) is 5.10 Å². The van der Waals surface area contributed by atoms with E-state index in [1.807, 2.05) is 18.2 Å². The van der Waals surface area contributed by atoms with Crippen LogP contribution in [0.25, 0.3) is 0 Å². The number of rotatable bonds is 8. The van der Waals surface area contributed by atoms with Gasteiger partial charge in [-0.15, -0.1) is 11.8 Å². The Balaban J connectivity index is 1.29. The van der Waals surface area contributed by atoms with Crippen LogP contribution >= 0.6 is 11.8 Å². The van der Waals surface area contributed by atoms with E-state index < -0.39 is 0 Å². The number of anilines is 1. The van der Waals surface area contributed by atoms with E-state index in [-0.39, 0.29) is 30.0 Å². The van der Waals surface area contributed by atoms with Crippen molar-refractivity contribution in [2.24, 2.45) is 0 Å². The molecular weight excluding hydrogens is 368 g/mol. The van der Waals surface area contributed by atoms with Crippen molar-refractivity contribution in [3.8, 4) is 0 Å². The molecule has 140 valence electrons. The molecule has 0 aliphatic heterocycles. The Morgan fingerprint density at radius 3 is 2.85 bits per heavy atom. The highest BCUT2D eigenvalue weighted by atomic mass is 32.2. The van der Waals surface area contributed by atoms with E-state index in [2.05, 4.69) is 20.8 Å². The zero-order valence-electron chi connectivity index (χ0n) is 14.4. The number of allylic oxidation sites excluding steroid dienone is 2. The number of hydrogen-bond donors (Lipinski definition) is 3. The van der Waals surface area contributed by atoms with Gasteiger partial charge >= 0.3 is 6.03 Å². The summed E-state index contributed by atoms with van der Waals surface area (Å²) in [7, 11) is 0. The maximum Gasteiger partial charge on any atom is 0.321 e. The fourth-order valence-electron chi connectivity index (χ4n) is 2.37.